The van der Waals surface area contributed by atoms with E-state index in [-0.39, 0.29) is 12.5 Å². The monoisotopic (exact) mass is 328 g/mol. The summed E-state index contributed by atoms with van der Waals surface area (Å²) in [4.78, 5) is 17.6. The molecule has 0 aromatic heterocycles. The highest BCUT2D eigenvalue weighted by molar-refractivity contribution is 5.94. The largest absolute Gasteiger partial charge is 0.370 e. The van der Waals surface area contributed by atoms with E-state index in [9.17, 15) is 18.0 Å². The van der Waals surface area contributed by atoms with Crippen molar-refractivity contribution in [1.82, 2.24) is 4.90 Å². The molecule has 1 aromatic carbocycles. The summed E-state index contributed by atoms with van der Waals surface area (Å²) in [6.45, 7) is 3.39. The predicted molar refractivity (Wildman–Crippen MR) is 81.4 cm³/mol. The topological polar surface area (TPSA) is 70.7 Å². The zero-order valence-electron chi connectivity index (χ0n) is 12.8. The first kappa shape index (κ1) is 17.1. The number of nitrogens with one attached hydrogen (secondary N) is 1. The molecule has 1 heterocycles. The number of likely N-dealkylation sites (tertiary alicyclic amines) is 1. The van der Waals surface area contributed by atoms with E-state index in [4.69, 9.17) is 5.73 Å². The van der Waals surface area contributed by atoms with Crippen LogP contribution in [-0.4, -0.2) is 36.4 Å². The number of hydrogen-bond donors (Lipinski definition) is 2. The van der Waals surface area contributed by atoms with Gasteiger partial charge in [-0.1, -0.05) is 6.92 Å². The number of halogens is 3. The van der Waals surface area contributed by atoms with Crippen LogP contribution in [0.15, 0.2) is 17.1 Å². The highest BCUT2D eigenvalue weighted by atomic mass is 19.2. The Morgan fingerprint density at radius 3 is 2.61 bits per heavy atom. The number of guanidine groups is 1. The van der Waals surface area contributed by atoms with Gasteiger partial charge in [-0.25, -0.2) is 18.2 Å². The minimum Gasteiger partial charge on any atom is -0.370 e. The molecule has 8 heteroatoms. The zero-order chi connectivity index (χ0) is 17.0. The van der Waals surface area contributed by atoms with Crippen LogP contribution in [-0.2, 0) is 4.79 Å². The lowest BCUT2D eigenvalue weighted by Crippen LogP contribution is -2.42. The molecule has 1 aromatic rings. The van der Waals surface area contributed by atoms with E-state index in [0.29, 0.717) is 5.92 Å². The molecule has 3 N–H and O–H groups in total. The average molecular weight is 328 g/mol. The maximum Gasteiger partial charge on any atom is 0.246 e. The summed E-state index contributed by atoms with van der Waals surface area (Å²) in [6, 6.07) is 1.69. The molecule has 0 saturated carbocycles. The molecule has 126 valence electrons. The van der Waals surface area contributed by atoms with Crippen LogP contribution in [0.3, 0.4) is 0 Å². The number of rotatable bonds is 3. The number of aliphatic imine (C=N–C) groups is 1. The minimum atomic E-state index is -1.63. The number of carbonyl (C=O) groups excluding carboxylic acids is 1. The maximum atomic E-state index is 13.5. The first-order valence-electron chi connectivity index (χ1n) is 7.36. The minimum absolute atomic E-state index is 0.248. The molecule has 0 aliphatic carbocycles. The molecular weight excluding hydrogens is 309 g/mol. The molecule has 1 aliphatic heterocycles. The van der Waals surface area contributed by atoms with E-state index in [1.807, 2.05) is 4.90 Å². The predicted octanol–water partition coefficient (Wildman–Crippen LogP) is 2.09. The van der Waals surface area contributed by atoms with Crippen LogP contribution in [0.1, 0.15) is 19.8 Å². The quantitative estimate of drug-likeness (QED) is 0.507. The summed E-state index contributed by atoms with van der Waals surface area (Å²) in [5.41, 5.74) is 5.39. The number of benzene rings is 1. The number of nitrogens with zero attached hydrogens (tertiary/aromatic N) is 2. The second-order valence-electron chi connectivity index (χ2n) is 5.62. The van der Waals surface area contributed by atoms with Gasteiger partial charge >= 0.3 is 0 Å². The SMILES string of the molecule is CC1CCN(C(N)=NCC(=O)Nc2ccc(F)c(F)c2F)CC1. The van der Waals surface area contributed by atoms with Gasteiger partial charge in [0.1, 0.15) is 6.54 Å². The van der Waals surface area contributed by atoms with Crippen molar-refractivity contribution >= 4 is 17.6 Å². The van der Waals surface area contributed by atoms with E-state index in [2.05, 4.69) is 17.2 Å². The smallest absolute Gasteiger partial charge is 0.246 e. The Bertz CT molecular complexity index is 613. The van der Waals surface area contributed by atoms with Crippen LogP contribution in [0.25, 0.3) is 0 Å². The third-order valence-corrected chi connectivity index (χ3v) is 3.80. The summed E-state index contributed by atoms with van der Waals surface area (Å²) in [5, 5.41) is 2.14. The molecule has 1 saturated heterocycles. The first-order chi connectivity index (χ1) is 10.9. The van der Waals surface area contributed by atoms with Crippen LogP contribution < -0.4 is 11.1 Å². The molecular formula is C15H19F3N4O. The van der Waals surface area contributed by atoms with Crippen molar-refractivity contribution < 1.29 is 18.0 Å². The Morgan fingerprint density at radius 1 is 1.30 bits per heavy atom. The fourth-order valence-electron chi connectivity index (χ4n) is 2.30. The summed E-state index contributed by atoms with van der Waals surface area (Å²) in [5.74, 6) is -4.17. The van der Waals surface area contributed by atoms with Crippen molar-refractivity contribution in [3.63, 3.8) is 0 Å². The van der Waals surface area contributed by atoms with Crippen LogP contribution in [0.4, 0.5) is 18.9 Å². The van der Waals surface area contributed by atoms with Crippen molar-refractivity contribution in [3.8, 4) is 0 Å². The molecule has 1 fully saturated rings. The number of piperidine rings is 1. The van der Waals surface area contributed by atoms with Gasteiger partial charge in [0, 0.05) is 13.1 Å². The Kier molecular flexibility index (Phi) is 5.46. The lowest BCUT2D eigenvalue weighted by Gasteiger charge is -2.30. The Balaban J connectivity index is 1.92. The van der Waals surface area contributed by atoms with E-state index in [1.165, 1.54) is 0 Å². The van der Waals surface area contributed by atoms with Gasteiger partial charge in [0.05, 0.1) is 5.69 Å². The van der Waals surface area contributed by atoms with Gasteiger partial charge in [-0.15, -0.1) is 0 Å². The van der Waals surface area contributed by atoms with Gasteiger partial charge in [0.15, 0.2) is 23.4 Å². The number of amides is 1. The summed E-state index contributed by atoms with van der Waals surface area (Å²) < 4.78 is 39.3. The second-order valence-corrected chi connectivity index (χ2v) is 5.62. The Hall–Kier alpha value is -2.25. The third-order valence-electron chi connectivity index (χ3n) is 3.80. The fraction of sp³-hybridized carbons (Fsp3) is 0.467. The van der Waals surface area contributed by atoms with E-state index < -0.39 is 29.0 Å². The van der Waals surface area contributed by atoms with Crippen LogP contribution in [0.2, 0.25) is 0 Å². The highest BCUT2D eigenvalue weighted by Crippen LogP contribution is 2.19. The van der Waals surface area contributed by atoms with E-state index in [0.717, 1.165) is 38.1 Å². The van der Waals surface area contributed by atoms with Crippen molar-refractivity contribution in [2.45, 2.75) is 19.8 Å². The summed E-state index contributed by atoms with van der Waals surface area (Å²) in [6.07, 6.45) is 2.00. The number of hydrogen-bond acceptors (Lipinski definition) is 2. The van der Waals surface area contributed by atoms with E-state index in [1.54, 1.807) is 0 Å². The maximum absolute atomic E-state index is 13.5. The van der Waals surface area contributed by atoms with E-state index >= 15 is 0 Å². The highest BCUT2D eigenvalue weighted by Gasteiger charge is 2.18. The van der Waals surface area contributed by atoms with Crippen LogP contribution in [0.5, 0.6) is 0 Å². The fourth-order valence-corrected chi connectivity index (χ4v) is 2.30. The second kappa shape index (κ2) is 7.34. The van der Waals surface area contributed by atoms with Gasteiger partial charge in [-0.05, 0) is 30.9 Å². The Labute approximate surface area is 132 Å². The van der Waals surface area contributed by atoms with Gasteiger partial charge in [0.25, 0.3) is 0 Å². The normalized spacial score (nSPS) is 16.5. The van der Waals surface area contributed by atoms with Gasteiger partial charge in [0.2, 0.25) is 5.91 Å². The summed E-state index contributed by atoms with van der Waals surface area (Å²) in [7, 11) is 0. The standard InChI is InChI=1S/C15H19F3N4O/c1-9-4-6-22(7-5-9)15(19)20-8-12(23)21-11-3-2-10(16)13(17)14(11)18/h2-3,9H,4-8H2,1H3,(H2,19,20)(H,21,23). The molecule has 1 amide bonds. The van der Waals surface area contributed by atoms with Crippen LogP contribution >= 0.6 is 0 Å². The molecule has 0 radical (unpaired) electrons. The molecule has 1 aliphatic rings. The number of nitrogens with two attached hydrogens (primary N) is 1. The molecule has 0 spiro atoms. The van der Waals surface area contributed by atoms with Gasteiger partial charge in [-0.2, -0.15) is 0 Å². The molecule has 0 atom stereocenters. The molecule has 5 nitrogen and oxygen atoms in total. The number of anilines is 1. The molecule has 0 unspecified atom stereocenters. The van der Waals surface area contributed by atoms with Gasteiger partial charge < -0.3 is 16.0 Å². The molecule has 23 heavy (non-hydrogen) atoms. The number of carbonyl (C=O) groups is 1. The lowest BCUT2D eigenvalue weighted by molar-refractivity contribution is -0.114. The van der Waals surface area contributed by atoms with Crippen molar-refractivity contribution in [2.24, 2.45) is 16.6 Å². The lowest BCUT2D eigenvalue weighted by atomic mass is 10.00. The third kappa shape index (κ3) is 4.37. The van der Waals surface area contributed by atoms with Crippen molar-refractivity contribution in [1.29, 1.82) is 0 Å². The zero-order valence-corrected chi connectivity index (χ0v) is 12.8. The van der Waals surface area contributed by atoms with Crippen molar-refractivity contribution in [3.05, 3.63) is 29.6 Å². The van der Waals surface area contributed by atoms with Gasteiger partial charge in [-0.3, -0.25) is 4.79 Å². The summed E-state index contributed by atoms with van der Waals surface area (Å²) >= 11 is 0. The van der Waals surface area contributed by atoms with Crippen LogP contribution in [0, 0.1) is 23.4 Å². The van der Waals surface area contributed by atoms with Crippen molar-refractivity contribution in [2.75, 3.05) is 25.0 Å². The average Bonchev–Trinajstić information content (AvgIpc) is 2.54. The molecule has 2 rings (SSSR count). The first-order valence-corrected chi connectivity index (χ1v) is 7.36. The molecule has 0 bridgehead atoms. The Morgan fingerprint density at radius 2 is 1.96 bits per heavy atom.